The zero-order valence-electron chi connectivity index (χ0n) is 13.5. The average Bonchev–Trinajstić information content (AvgIpc) is 2.40. The highest BCUT2D eigenvalue weighted by Crippen LogP contribution is 2.10. The summed E-state index contributed by atoms with van der Waals surface area (Å²) < 4.78 is 31.8. The average molecular weight is 314 g/mol. The molecule has 0 bridgehead atoms. The number of carbonyl (C=O) groups is 1. The fourth-order valence-electron chi connectivity index (χ4n) is 1.81. The Hall–Kier alpha value is -1.69. The SMILES string of the molecule is CCC(CNC(=O)OC(C)(C)C)NCc1cc(F)ccc1F. The van der Waals surface area contributed by atoms with Gasteiger partial charge in [-0.2, -0.15) is 0 Å². The van der Waals surface area contributed by atoms with Crippen LogP contribution in [0, 0.1) is 11.6 Å². The Morgan fingerprint density at radius 3 is 2.59 bits per heavy atom. The lowest BCUT2D eigenvalue weighted by Crippen LogP contribution is -2.42. The predicted octanol–water partition coefficient (Wildman–Crippen LogP) is 3.36. The van der Waals surface area contributed by atoms with Crippen molar-refractivity contribution in [3.8, 4) is 0 Å². The minimum absolute atomic E-state index is 0.0600. The topological polar surface area (TPSA) is 50.4 Å². The summed E-state index contributed by atoms with van der Waals surface area (Å²) in [6.07, 6.45) is 0.233. The molecule has 1 amide bonds. The van der Waals surface area contributed by atoms with E-state index in [4.69, 9.17) is 4.74 Å². The van der Waals surface area contributed by atoms with Gasteiger partial charge in [0.25, 0.3) is 0 Å². The molecule has 0 radical (unpaired) electrons. The molecule has 0 fully saturated rings. The van der Waals surface area contributed by atoms with Crippen molar-refractivity contribution in [2.75, 3.05) is 6.54 Å². The lowest BCUT2D eigenvalue weighted by molar-refractivity contribution is 0.0522. The highest BCUT2D eigenvalue weighted by molar-refractivity contribution is 5.67. The van der Waals surface area contributed by atoms with Crippen molar-refractivity contribution in [3.05, 3.63) is 35.4 Å². The third-order valence-electron chi connectivity index (χ3n) is 2.97. The first-order valence-corrected chi connectivity index (χ1v) is 7.35. The van der Waals surface area contributed by atoms with Gasteiger partial charge >= 0.3 is 6.09 Å². The van der Waals surface area contributed by atoms with Crippen molar-refractivity contribution < 1.29 is 18.3 Å². The molecule has 4 nitrogen and oxygen atoms in total. The maximum Gasteiger partial charge on any atom is 0.407 e. The van der Waals surface area contributed by atoms with E-state index in [2.05, 4.69) is 10.6 Å². The van der Waals surface area contributed by atoms with E-state index in [1.165, 1.54) is 0 Å². The molecular formula is C16H24F2N2O2. The van der Waals surface area contributed by atoms with Crippen LogP contribution in [0.25, 0.3) is 0 Å². The Labute approximate surface area is 130 Å². The number of hydrogen-bond acceptors (Lipinski definition) is 3. The van der Waals surface area contributed by atoms with Crippen molar-refractivity contribution >= 4 is 6.09 Å². The molecule has 0 spiro atoms. The summed E-state index contributed by atoms with van der Waals surface area (Å²) >= 11 is 0. The van der Waals surface area contributed by atoms with Gasteiger partial charge in [-0.1, -0.05) is 6.92 Å². The highest BCUT2D eigenvalue weighted by atomic mass is 19.1. The van der Waals surface area contributed by atoms with Crippen LogP contribution in [0.15, 0.2) is 18.2 Å². The summed E-state index contributed by atoms with van der Waals surface area (Å²) in [6, 6.07) is 3.29. The van der Waals surface area contributed by atoms with Crippen LogP contribution in [0.5, 0.6) is 0 Å². The summed E-state index contributed by atoms with van der Waals surface area (Å²) in [5, 5.41) is 5.76. The second-order valence-electron chi connectivity index (χ2n) is 6.10. The van der Waals surface area contributed by atoms with E-state index in [1.54, 1.807) is 20.8 Å². The van der Waals surface area contributed by atoms with Crippen molar-refractivity contribution in [2.45, 2.75) is 52.3 Å². The maximum atomic E-state index is 13.5. The fraction of sp³-hybridized carbons (Fsp3) is 0.562. The molecule has 6 heteroatoms. The zero-order chi connectivity index (χ0) is 16.8. The quantitative estimate of drug-likeness (QED) is 0.846. The molecule has 0 saturated carbocycles. The molecule has 0 aliphatic rings. The molecule has 124 valence electrons. The van der Waals surface area contributed by atoms with E-state index >= 15 is 0 Å². The van der Waals surface area contributed by atoms with Crippen molar-refractivity contribution in [1.29, 1.82) is 0 Å². The Kier molecular flexibility index (Phi) is 6.74. The smallest absolute Gasteiger partial charge is 0.407 e. The number of rotatable bonds is 6. The number of hydrogen-bond donors (Lipinski definition) is 2. The fourth-order valence-corrected chi connectivity index (χ4v) is 1.81. The van der Waals surface area contributed by atoms with Gasteiger partial charge in [0.2, 0.25) is 0 Å². The Balaban J connectivity index is 2.45. The van der Waals surface area contributed by atoms with E-state index in [0.29, 0.717) is 6.54 Å². The summed E-state index contributed by atoms with van der Waals surface area (Å²) in [6.45, 7) is 7.84. The van der Waals surface area contributed by atoms with Crippen LogP contribution in [0.4, 0.5) is 13.6 Å². The van der Waals surface area contributed by atoms with E-state index < -0.39 is 23.3 Å². The number of amides is 1. The van der Waals surface area contributed by atoms with Crippen molar-refractivity contribution in [3.63, 3.8) is 0 Å². The van der Waals surface area contributed by atoms with E-state index in [0.717, 1.165) is 24.6 Å². The molecule has 1 atom stereocenters. The van der Waals surface area contributed by atoms with Gasteiger partial charge in [-0.05, 0) is 45.4 Å². The van der Waals surface area contributed by atoms with Gasteiger partial charge in [-0.15, -0.1) is 0 Å². The van der Waals surface area contributed by atoms with Crippen LogP contribution < -0.4 is 10.6 Å². The molecule has 2 N–H and O–H groups in total. The first-order chi connectivity index (χ1) is 10.2. The van der Waals surface area contributed by atoms with Gasteiger partial charge in [0.05, 0.1) is 0 Å². The minimum Gasteiger partial charge on any atom is -0.444 e. The molecule has 0 aliphatic carbocycles. The van der Waals surface area contributed by atoms with Crippen LogP contribution in [-0.2, 0) is 11.3 Å². The molecule has 22 heavy (non-hydrogen) atoms. The number of alkyl carbamates (subject to hydrolysis) is 1. The van der Waals surface area contributed by atoms with Gasteiger partial charge in [0, 0.05) is 24.7 Å². The number of carbonyl (C=O) groups excluding carboxylic acids is 1. The molecule has 1 aromatic rings. The first kappa shape index (κ1) is 18.4. The summed E-state index contributed by atoms with van der Waals surface area (Å²) in [5.74, 6) is -0.929. The largest absolute Gasteiger partial charge is 0.444 e. The Morgan fingerprint density at radius 1 is 1.32 bits per heavy atom. The molecule has 0 saturated heterocycles. The van der Waals surface area contributed by atoms with Crippen molar-refractivity contribution in [2.24, 2.45) is 0 Å². The predicted molar refractivity (Wildman–Crippen MR) is 81.5 cm³/mol. The van der Waals surface area contributed by atoms with Gasteiger partial charge in [-0.25, -0.2) is 13.6 Å². The van der Waals surface area contributed by atoms with Gasteiger partial charge in [0.15, 0.2) is 0 Å². The molecule has 0 heterocycles. The van der Waals surface area contributed by atoms with Crippen LogP contribution >= 0.6 is 0 Å². The Morgan fingerprint density at radius 2 is 2.00 bits per heavy atom. The first-order valence-electron chi connectivity index (χ1n) is 7.35. The Bertz CT molecular complexity index is 501. The molecule has 0 aromatic heterocycles. The number of nitrogens with one attached hydrogen (secondary N) is 2. The van der Waals surface area contributed by atoms with Crippen LogP contribution in [-0.4, -0.2) is 24.3 Å². The van der Waals surface area contributed by atoms with Gasteiger partial charge in [-0.3, -0.25) is 0 Å². The minimum atomic E-state index is -0.552. The van der Waals surface area contributed by atoms with E-state index in [-0.39, 0.29) is 18.2 Å². The number of halogens is 2. The lowest BCUT2D eigenvalue weighted by atomic mass is 10.1. The summed E-state index contributed by atoms with van der Waals surface area (Å²) in [7, 11) is 0. The third-order valence-corrected chi connectivity index (χ3v) is 2.97. The lowest BCUT2D eigenvalue weighted by Gasteiger charge is -2.22. The molecule has 0 aliphatic heterocycles. The highest BCUT2D eigenvalue weighted by Gasteiger charge is 2.17. The van der Waals surface area contributed by atoms with Gasteiger partial charge < -0.3 is 15.4 Å². The van der Waals surface area contributed by atoms with Crippen LogP contribution in [0.2, 0.25) is 0 Å². The zero-order valence-corrected chi connectivity index (χ0v) is 13.5. The number of ether oxygens (including phenoxy) is 1. The third kappa shape index (κ3) is 6.85. The van der Waals surface area contributed by atoms with Gasteiger partial charge in [0.1, 0.15) is 17.2 Å². The molecule has 1 aromatic carbocycles. The molecule has 1 unspecified atom stereocenters. The van der Waals surface area contributed by atoms with E-state index in [1.807, 2.05) is 6.92 Å². The van der Waals surface area contributed by atoms with Crippen LogP contribution in [0.3, 0.4) is 0 Å². The molecular weight excluding hydrogens is 290 g/mol. The number of benzene rings is 1. The second kappa shape index (κ2) is 8.08. The standard InChI is InChI=1S/C16H24F2N2O2/c1-5-13(10-20-15(21)22-16(2,3)4)19-9-11-8-12(17)6-7-14(11)18/h6-8,13,19H,5,9-10H2,1-4H3,(H,20,21). The van der Waals surface area contributed by atoms with Crippen molar-refractivity contribution in [1.82, 2.24) is 10.6 Å². The van der Waals surface area contributed by atoms with Crippen LogP contribution in [0.1, 0.15) is 39.7 Å². The monoisotopic (exact) mass is 314 g/mol. The van der Waals surface area contributed by atoms with E-state index in [9.17, 15) is 13.6 Å². The second-order valence-corrected chi connectivity index (χ2v) is 6.10. The summed E-state index contributed by atoms with van der Waals surface area (Å²) in [5.41, 5.74) is -0.292. The normalized spacial score (nSPS) is 12.8. The molecule has 1 rings (SSSR count). The summed E-state index contributed by atoms with van der Waals surface area (Å²) in [4.78, 5) is 11.6. The maximum absolute atomic E-state index is 13.5.